The number of nitrogens with one attached hydrogen (secondary N) is 1. The van der Waals surface area contributed by atoms with E-state index in [4.69, 9.17) is 4.74 Å². The summed E-state index contributed by atoms with van der Waals surface area (Å²) in [5, 5.41) is 3.03. The largest absolute Gasteiger partial charge is 0.434 e. The summed E-state index contributed by atoms with van der Waals surface area (Å²) < 4.78 is 34.9. The van der Waals surface area contributed by atoms with Crippen LogP contribution in [0.1, 0.15) is 19.8 Å². The van der Waals surface area contributed by atoms with E-state index in [1.54, 1.807) is 30.6 Å². The molecule has 0 saturated heterocycles. The molecule has 0 amide bonds. The van der Waals surface area contributed by atoms with E-state index in [2.05, 4.69) is 27.2 Å². The Morgan fingerprint density at radius 3 is 2.59 bits per heavy atom. The van der Waals surface area contributed by atoms with Gasteiger partial charge in [0.1, 0.15) is 5.82 Å². The molecule has 8 heteroatoms. The van der Waals surface area contributed by atoms with E-state index in [1.165, 1.54) is 24.3 Å². The highest BCUT2D eigenvalue weighted by atomic mass is 19.1. The van der Waals surface area contributed by atoms with Crippen LogP contribution in [0.4, 0.5) is 20.4 Å². The number of fused-ring (bicyclic) bond motifs is 1. The fourth-order valence-corrected chi connectivity index (χ4v) is 2.83. The molecule has 0 unspecified atom stereocenters. The SMILES string of the molecule is CCCCn1cnc2c(Oc3ccccc3F)nc(Nc3ccc(F)cc3)nc21. The zero-order chi connectivity index (χ0) is 20.2. The summed E-state index contributed by atoms with van der Waals surface area (Å²) in [6.45, 7) is 2.83. The highest BCUT2D eigenvalue weighted by Crippen LogP contribution is 2.30. The molecule has 29 heavy (non-hydrogen) atoms. The number of anilines is 2. The molecule has 0 saturated carbocycles. The van der Waals surface area contributed by atoms with Crippen molar-refractivity contribution in [1.82, 2.24) is 19.5 Å². The zero-order valence-corrected chi connectivity index (χ0v) is 15.8. The molecule has 148 valence electrons. The number of hydrogen-bond donors (Lipinski definition) is 1. The summed E-state index contributed by atoms with van der Waals surface area (Å²) in [7, 11) is 0. The number of ether oxygens (including phenoxy) is 1. The molecule has 4 aromatic rings. The maximum Gasteiger partial charge on any atom is 0.252 e. The maximum atomic E-state index is 14.1. The first kappa shape index (κ1) is 18.8. The Hall–Kier alpha value is -3.55. The van der Waals surface area contributed by atoms with Gasteiger partial charge in [0.15, 0.2) is 22.7 Å². The smallest absolute Gasteiger partial charge is 0.252 e. The summed E-state index contributed by atoms with van der Waals surface area (Å²) >= 11 is 0. The van der Waals surface area contributed by atoms with Gasteiger partial charge < -0.3 is 14.6 Å². The molecule has 0 aliphatic rings. The molecule has 6 nitrogen and oxygen atoms in total. The van der Waals surface area contributed by atoms with Crippen LogP contribution < -0.4 is 10.1 Å². The van der Waals surface area contributed by atoms with Crippen molar-refractivity contribution < 1.29 is 13.5 Å². The Morgan fingerprint density at radius 2 is 1.83 bits per heavy atom. The number of rotatable bonds is 7. The first-order valence-electron chi connectivity index (χ1n) is 9.32. The highest BCUT2D eigenvalue weighted by molar-refractivity contribution is 5.78. The Labute approximate surface area is 166 Å². The summed E-state index contributed by atoms with van der Waals surface area (Å²) in [6.07, 6.45) is 3.65. The van der Waals surface area contributed by atoms with Gasteiger partial charge in [-0.3, -0.25) is 0 Å². The van der Waals surface area contributed by atoms with Crippen LogP contribution in [0.2, 0.25) is 0 Å². The van der Waals surface area contributed by atoms with E-state index in [1.807, 2.05) is 4.57 Å². The van der Waals surface area contributed by atoms with Gasteiger partial charge in [-0.1, -0.05) is 25.5 Å². The Kier molecular flexibility index (Phi) is 5.33. The van der Waals surface area contributed by atoms with Crippen molar-refractivity contribution in [2.75, 3.05) is 5.32 Å². The van der Waals surface area contributed by atoms with Gasteiger partial charge in [0.25, 0.3) is 5.88 Å². The molecule has 2 aromatic heterocycles. The van der Waals surface area contributed by atoms with Crippen LogP contribution in [-0.4, -0.2) is 19.5 Å². The van der Waals surface area contributed by atoms with Crippen molar-refractivity contribution in [3.63, 3.8) is 0 Å². The average molecular weight is 395 g/mol. The molecule has 0 aliphatic heterocycles. The van der Waals surface area contributed by atoms with Gasteiger partial charge in [-0.05, 0) is 42.8 Å². The molecule has 0 aliphatic carbocycles. The lowest BCUT2D eigenvalue weighted by Gasteiger charge is -2.10. The fourth-order valence-electron chi connectivity index (χ4n) is 2.83. The second kappa shape index (κ2) is 8.22. The van der Waals surface area contributed by atoms with Crippen LogP contribution in [0.25, 0.3) is 11.2 Å². The number of unbranched alkanes of at least 4 members (excludes halogenated alkanes) is 1. The van der Waals surface area contributed by atoms with E-state index in [0.29, 0.717) is 16.9 Å². The Bertz CT molecular complexity index is 1130. The zero-order valence-electron chi connectivity index (χ0n) is 15.8. The van der Waals surface area contributed by atoms with Gasteiger partial charge in [0.05, 0.1) is 6.33 Å². The Balaban J connectivity index is 1.76. The number of imidazole rings is 1. The molecule has 0 spiro atoms. The van der Waals surface area contributed by atoms with Crippen LogP contribution in [0.15, 0.2) is 54.9 Å². The Morgan fingerprint density at radius 1 is 1.03 bits per heavy atom. The molecule has 1 N–H and O–H groups in total. The van der Waals surface area contributed by atoms with Crippen LogP contribution >= 0.6 is 0 Å². The first-order valence-corrected chi connectivity index (χ1v) is 9.32. The normalized spacial score (nSPS) is 11.0. The molecule has 4 rings (SSSR count). The second-order valence-corrected chi connectivity index (χ2v) is 6.48. The minimum absolute atomic E-state index is 0.0448. The van der Waals surface area contributed by atoms with Gasteiger partial charge in [0.2, 0.25) is 5.95 Å². The van der Waals surface area contributed by atoms with Crippen molar-refractivity contribution in [3.8, 4) is 11.6 Å². The fraction of sp³-hybridized carbons (Fsp3) is 0.190. The van der Waals surface area contributed by atoms with E-state index in [0.717, 1.165) is 19.4 Å². The van der Waals surface area contributed by atoms with Crippen molar-refractivity contribution in [2.45, 2.75) is 26.3 Å². The van der Waals surface area contributed by atoms with Gasteiger partial charge in [0, 0.05) is 12.2 Å². The molecule has 0 atom stereocenters. The van der Waals surface area contributed by atoms with Crippen molar-refractivity contribution in [3.05, 3.63) is 66.5 Å². The third kappa shape index (κ3) is 4.16. The lowest BCUT2D eigenvalue weighted by Crippen LogP contribution is -2.03. The predicted octanol–water partition coefficient (Wildman–Crippen LogP) is 5.44. The van der Waals surface area contributed by atoms with Crippen LogP contribution in [0, 0.1) is 11.6 Å². The number of aryl methyl sites for hydroxylation is 1. The molecule has 2 heterocycles. The van der Waals surface area contributed by atoms with Gasteiger partial charge >= 0.3 is 0 Å². The molecule has 0 radical (unpaired) electrons. The topological polar surface area (TPSA) is 64.9 Å². The third-order valence-corrected chi connectivity index (χ3v) is 4.33. The molecule has 0 bridgehead atoms. The number of benzene rings is 2. The van der Waals surface area contributed by atoms with Gasteiger partial charge in [-0.2, -0.15) is 9.97 Å². The lowest BCUT2D eigenvalue weighted by atomic mass is 10.3. The monoisotopic (exact) mass is 395 g/mol. The average Bonchev–Trinajstić information content (AvgIpc) is 3.13. The van der Waals surface area contributed by atoms with E-state index in [-0.39, 0.29) is 23.4 Å². The van der Waals surface area contributed by atoms with Crippen LogP contribution in [0.5, 0.6) is 11.6 Å². The summed E-state index contributed by atoms with van der Waals surface area (Å²) in [4.78, 5) is 13.3. The predicted molar refractivity (Wildman–Crippen MR) is 106 cm³/mol. The number of hydrogen-bond acceptors (Lipinski definition) is 5. The summed E-state index contributed by atoms with van der Waals surface area (Å²) in [5.41, 5.74) is 1.63. The molecular formula is C21H19F2N5O. The van der Waals surface area contributed by atoms with E-state index in [9.17, 15) is 8.78 Å². The summed E-state index contributed by atoms with van der Waals surface area (Å²) in [6, 6.07) is 11.9. The van der Waals surface area contributed by atoms with Crippen LogP contribution in [0.3, 0.4) is 0 Å². The number of para-hydroxylation sites is 1. The molecular weight excluding hydrogens is 376 g/mol. The molecule has 0 fully saturated rings. The summed E-state index contributed by atoms with van der Waals surface area (Å²) in [5.74, 6) is -0.414. The van der Waals surface area contributed by atoms with E-state index >= 15 is 0 Å². The third-order valence-electron chi connectivity index (χ3n) is 4.33. The minimum atomic E-state index is -0.502. The molecule has 2 aromatic carbocycles. The first-order chi connectivity index (χ1) is 14.1. The van der Waals surface area contributed by atoms with Crippen molar-refractivity contribution in [2.24, 2.45) is 0 Å². The van der Waals surface area contributed by atoms with Gasteiger partial charge in [-0.25, -0.2) is 13.8 Å². The number of nitrogens with zero attached hydrogens (tertiary/aromatic N) is 4. The lowest BCUT2D eigenvalue weighted by molar-refractivity contribution is 0.431. The van der Waals surface area contributed by atoms with E-state index < -0.39 is 5.82 Å². The van der Waals surface area contributed by atoms with Crippen LogP contribution in [-0.2, 0) is 6.54 Å². The van der Waals surface area contributed by atoms with Crippen molar-refractivity contribution >= 4 is 22.8 Å². The second-order valence-electron chi connectivity index (χ2n) is 6.48. The standard InChI is InChI=1S/C21H19F2N5O/c1-2-3-12-28-13-24-18-19(28)26-21(25-15-10-8-14(22)9-11-15)27-20(18)29-17-7-5-4-6-16(17)23/h4-11,13H,2-3,12H2,1H3,(H,25,26,27). The number of halogens is 2. The maximum absolute atomic E-state index is 14.1. The minimum Gasteiger partial charge on any atom is -0.434 e. The highest BCUT2D eigenvalue weighted by Gasteiger charge is 2.17. The quantitative estimate of drug-likeness (QED) is 0.451. The van der Waals surface area contributed by atoms with Gasteiger partial charge in [-0.15, -0.1) is 0 Å². The van der Waals surface area contributed by atoms with Crippen molar-refractivity contribution in [1.29, 1.82) is 0 Å². The number of aromatic nitrogens is 4.